The zero-order valence-electron chi connectivity index (χ0n) is 12.0. The van der Waals surface area contributed by atoms with Gasteiger partial charge in [0.25, 0.3) is 5.56 Å². The van der Waals surface area contributed by atoms with Gasteiger partial charge in [0.15, 0.2) is 5.65 Å². The number of aliphatic carboxylic acids is 1. The monoisotopic (exact) mass is 294 g/mol. The minimum atomic E-state index is -0.794. The highest BCUT2D eigenvalue weighted by Gasteiger charge is 2.13. The summed E-state index contributed by atoms with van der Waals surface area (Å²) in [7, 11) is 3.00. The number of carboxylic acids is 1. The molecule has 2 rings (SSSR count). The zero-order valence-corrected chi connectivity index (χ0v) is 12.0. The van der Waals surface area contributed by atoms with E-state index in [1.54, 1.807) is 7.05 Å². The van der Waals surface area contributed by atoms with Crippen LogP contribution in [0.1, 0.15) is 31.5 Å². The summed E-state index contributed by atoms with van der Waals surface area (Å²) in [6.45, 7) is 0. The van der Waals surface area contributed by atoms with Crippen molar-refractivity contribution in [3.8, 4) is 0 Å². The van der Waals surface area contributed by atoms with Crippen molar-refractivity contribution >= 4 is 17.1 Å². The average Bonchev–Trinajstić information content (AvgIpc) is 2.86. The topological polar surface area (TPSA) is 110 Å². The van der Waals surface area contributed by atoms with Crippen LogP contribution in [0.5, 0.6) is 0 Å². The highest BCUT2D eigenvalue weighted by atomic mass is 16.4. The summed E-state index contributed by atoms with van der Waals surface area (Å²) in [4.78, 5) is 41.4. The maximum Gasteiger partial charge on any atom is 0.332 e. The normalized spacial score (nSPS) is 11.1. The van der Waals surface area contributed by atoms with Crippen LogP contribution in [0.2, 0.25) is 0 Å². The zero-order chi connectivity index (χ0) is 15.6. The lowest BCUT2D eigenvalue weighted by Crippen LogP contribution is -2.36. The first-order valence-electron chi connectivity index (χ1n) is 6.78. The lowest BCUT2D eigenvalue weighted by molar-refractivity contribution is -0.137. The molecule has 0 amide bonds. The van der Waals surface area contributed by atoms with Crippen LogP contribution in [0.25, 0.3) is 11.2 Å². The summed E-state index contributed by atoms with van der Waals surface area (Å²) in [5, 5.41) is 8.55. The van der Waals surface area contributed by atoms with Crippen molar-refractivity contribution in [1.29, 1.82) is 0 Å². The van der Waals surface area contributed by atoms with Crippen LogP contribution in [0.4, 0.5) is 0 Å². The standard InChI is InChI=1S/C13H18N4O4/c1-16-11-10(12(20)17(2)13(16)21)14-8(15-11)6-4-3-5-7-9(18)19/h3-7H2,1-2H3,(H,14,15)(H,18,19). The van der Waals surface area contributed by atoms with Crippen LogP contribution in [0.3, 0.4) is 0 Å². The molecule has 0 atom stereocenters. The number of nitrogens with one attached hydrogen (secondary N) is 1. The average molecular weight is 294 g/mol. The van der Waals surface area contributed by atoms with E-state index in [1.807, 2.05) is 0 Å². The molecular formula is C13H18N4O4. The van der Waals surface area contributed by atoms with Crippen LogP contribution in [-0.4, -0.2) is 30.2 Å². The van der Waals surface area contributed by atoms with Crippen molar-refractivity contribution < 1.29 is 9.90 Å². The maximum absolute atomic E-state index is 12.0. The molecule has 0 aromatic carbocycles. The number of imidazole rings is 1. The van der Waals surface area contributed by atoms with Gasteiger partial charge in [-0.15, -0.1) is 0 Å². The SMILES string of the molecule is Cn1c(=O)c2[nH]c(CCCCCC(=O)O)nc2n(C)c1=O. The number of carboxylic acid groups (broad SMARTS) is 1. The number of rotatable bonds is 6. The fraction of sp³-hybridized carbons (Fsp3) is 0.538. The van der Waals surface area contributed by atoms with Gasteiger partial charge in [0.1, 0.15) is 11.3 Å². The minimum absolute atomic E-state index is 0.162. The Hall–Kier alpha value is -2.38. The van der Waals surface area contributed by atoms with Gasteiger partial charge in [-0.05, 0) is 12.8 Å². The van der Waals surface area contributed by atoms with Gasteiger partial charge in [-0.25, -0.2) is 9.78 Å². The van der Waals surface area contributed by atoms with Gasteiger partial charge >= 0.3 is 11.7 Å². The largest absolute Gasteiger partial charge is 0.481 e. The van der Waals surface area contributed by atoms with Crippen molar-refractivity contribution in [3.63, 3.8) is 0 Å². The molecule has 0 aliphatic rings. The molecule has 21 heavy (non-hydrogen) atoms. The molecule has 0 aliphatic heterocycles. The van der Waals surface area contributed by atoms with Gasteiger partial charge in [-0.1, -0.05) is 6.42 Å². The van der Waals surface area contributed by atoms with Crippen LogP contribution >= 0.6 is 0 Å². The fourth-order valence-corrected chi connectivity index (χ4v) is 2.24. The van der Waals surface area contributed by atoms with Gasteiger partial charge in [0.05, 0.1) is 0 Å². The minimum Gasteiger partial charge on any atom is -0.481 e. The van der Waals surface area contributed by atoms with E-state index in [4.69, 9.17) is 5.11 Å². The first-order valence-corrected chi connectivity index (χ1v) is 6.78. The molecule has 0 unspecified atom stereocenters. The van der Waals surface area contributed by atoms with E-state index in [0.29, 0.717) is 29.8 Å². The highest BCUT2D eigenvalue weighted by molar-refractivity contribution is 5.69. The van der Waals surface area contributed by atoms with Crippen molar-refractivity contribution in [1.82, 2.24) is 19.1 Å². The smallest absolute Gasteiger partial charge is 0.332 e. The van der Waals surface area contributed by atoms with Gasteiger partial charge < -0.3 is 10.1 Å². The number of H-pyrrole nitrogens is 1. The van der Waals surface area contributed by atoms with E-state index >= 15 is 0 Å². The van der Waals surface area contributed by atoms with E-state index in [2.05, 4.69) is 9.97 Å². The first kappa shape index (κ1) is 15.0. The summed E-state index contributed by atoms with van der Waals surface area (Å²) in [6, 6.07) is 0. The maximum atomic E-state index is 12.0. The molecule has 2 aromatic rings. The van der Waals surface area contributed by atoms with Crippen molar-refractivity contribution in [3.05, 3.63) is 26.7 Å². The third kappa shape index (κ3) is 3.04. The number of carbonyl (C=O) groups is 1. The van der Waals surface area contributed by atoms with Gasteiger partial charge in [0, 0.05) is 26.9 Å². The van der Waals surface area contributed by atoms with Gasteiger partial charge in [0.2, 0.25) is 0 Å². The van der Waals surface area contributed by atoms with Crippen molar-refractivity contribution in [2.24, 2.45) is 14.1 Å². The first-order chi connectivity index (χ1) is 9.91. The van der Waals surface area contributed by atoms with Gasteiger partial charge in [-0.2, -0.15) is 0 Å². The number of hydrogen-bond acceptors (Lipinski definition) is 4. The fourth-order valence-electron chi connectivity index (χ4n) is 2.24. The number of aromatic amines is 1. The Labute approximate surface area is 120 Å². The highest BCUT2D eigenvalue weighted by Crippen LogP contribution is 2.09. The van der Waals surface area contributed by atoms with Crippen LogP contribution in [0, 0.1) is 0 Å². The lowest BCUT2D eigenvalue weighted by atomic mass is 10.1. The molecule has 0 saturated carbocycles. The van der Waals surface area contributed by atoms with Crippen LogP contribution in [0.15, 0.2) is 9.59 Å². The number of hydrogen-bond donors (Lipinski definition) is 2. The Bertz CT molecular complexity index is 784. The second kappa shape index (κ2) is 5.94. The van der Waals surface area contributed by atoms with Crippen LogP contribution < -0.4 is 11.2 Å². The number of fused-ring (bicyclic) bond motifs is 1. The molecule has 2 N–H and O–H groups in total. The summed E-state index contributed by atoms with van der Waals surface area (Å²) in [5.74, 6) is -0.157. The molecule has 0 aliphatic carbocycles. The molecule has 8 nitrogen and oxygen atoms in total. The van der Waals surface area contributed by atoms with Crippen molar-refractivity contribution in [2.45, 2.75) is 32.1 Å². The summed E-state index contributed by atoms with van der Waals surface area (Å²) in [6.07, 6.45) is 2.96. The Kier molecular flexibility index (Phi) is 4.25. The molecule has 2 heterocycles. The molecule has 0 fully saturated rings. The molecule has 0 bridgehead atoms. The summed E-state index contributed by atoms with van der Waals surface area (Å²) >= 11 is 0. The lowest BCUT2D eigenvalue weighted by Gasteiger charge is -2.00. The molecule has 0 spiro atoms. The number of nitrogens with zero attached hydrogens (tertiary/aromatic N) is 3. The van der Waals surface area contributed by atoms with E-state index in [-0.39, 0.29) is 6.42 Å². The second-order valence-electron chi connectivity index (χ2n) is 5.04. The molecule has 114 valence electrons. The molecule has 2 aromatic heterocycles. The molecular weight excluding hydrogens is 276 g/mol. The Morgan fingerprint density at radius 1 is 1.19 bits per heavy atom. The quantitative estimate of drug-likeness (QED) is 0.737. The van der Waals surface area contributed by atoms with Gasteiger partial charge in [-0.3, -0.25) is 18.7 Å². The predicted molar refractivity (Wildman–Crippen MR) is 76.4 cm³/mol. The van der Waals surface area contributed by atoms with E-state index in [9.17, 15) is 14.4 Å². The Morgan fingerprint density at radius 3 is 2.57 bits per heavy atom. The molecule has 0 radical (unpaired) electrons. The van der Waals surface area contributed by atoms with E-state index in [0.717, 1.165) is 17.4 Å². The van der Waals surface area contributed by atoms with Crippen molar-refractivity contribution in [2.75, 3.05) is 0 Å². The summed E-state index contributed by atoms with van der Waals surface area (Å²) < 4.78 is 2.37. The third-order valence-corrected chi connectivity index (χ3v) is 3.45. The predicted octanol–water partition coefficient (Wildman–Crippen LogP) is 0.148. The molecule has 0 saturated heterocycles. The van der Waals surface area contributed by atoms with E-state index < -0.39 is 17.2 Å². The third-order valence-electron chi connectivity index (χ3n) is 3.45. The Balaban J connectivity index is 2.15. The Morgan fingerprint density at radius 2 is 1.90 bits per heavy atom. The number of unbranched alkanes of at least 4 members (excludes halogenated alkanes) is 2. The van der Waals surface area contributed by atoms with Crippen LogP contribution in [-0.2, 0) is 25.3 Å². The van der Waals surface area contributed by atoms with E-state index in [1.165, 1.54) is 11.6 Å². The summed E-state index contributed by atoms with van der Waals surface area (Å²) in [5.41, 5.74) is -0.131. The number of aromatic nitrogens is 4. The second-order valence-corrected chi connectivity index (χ2v) is 5.04. The number of aryl methyl sites for hydroxylation is 2. The molecule has 8 heteroatoms.